The third-order valence-electron chi connectivity index (χ3n) is 6.24. The summed E-state index contributed by atoms with van der Waals surface area (Å²) < 4.78 is 2.41. The lowest BCUT2D eigenvalue weighted by Gasteiger charge is -2.13. The highest BCUT2D eigenvalue weighted by Gasteiger charge is 2.23. The number of hydrogen-bond acceptors (Lipinski definition) is 0. The molecule has 31 heavy (non-hydrogen) atoms. The molecule has 148 valence electrons. The zero-order valence-electron chi connectivity index (χ0n) is 17.4. The number of benzene rings is 4. The molecule has 4 aromatic carbocycles. The van der Waals surface area contributed by atoms with Gasteiger partial charge in [0.15, 0.2) is 0 Å². The van der Waals surface area contributed by atoms with Crippen molar-refractivity contribution >= 4 is 38.7 Å². The molecule has 0 fully saturated rings. The van der Waals surface area contributed by atoms with Gasteiger partial charge in [-0.15, -0.1) is 0 Å². The quantitative estimate of drug-likeness (QED) is 0.313. The van der Waals surface area contributed by atoms with Crippen LogP contribution in [-0.2, 0) is 0 Å². The molecule has 6 aromatic rings. The summed E-state index contributed by atoms with van der Waals surface area (Å²) in [5.41, 5.74) is 8.26. The smallest absolute Gasteiger partial charge is 0.0637 e. The van der Waals surface area contributed by atoms with Crippen molar-refractivity contribution in [3.8, 4) is 16.9 Å². The van der Waals surface area contributed by atoms with Crippen molar-refractivity contribution < 1.29 is 0 Å². The van der Waals surface area contributed by atoms with E-state index in [1.807, 2.05) is 6.08 Å². The molecule has 1 N–H and O–H groups in total. The summed E-state index contributed by atoms with van der Waals surface area (Å²) in [6.07, 6.45) is 2.01. The summed E-state index contributed by atoms with van der Waals surface area (Å²) >= 11 is 0. The number of H-pyrrole nitrogens is 1. The average molecular weight is 399 g/mol. The van der Waals surface area contributed by atoms with Gasteiger partial charge in [-0.3, -0.25) is 0 Å². The molecule has 0 radical (unpaired) electrons. The van der Waals surface area contributed by atoms with Crippen molar-refractivity contribution in [2.75, 3.05) is 0 Å². The second kappa shape index (κ2) is 6.75. The molecule has 2 heteroatoms. The van der Waals surface area contributed by atoms with Crippen LogP contribution in [0.15, 0.2) is 97.6 Å². The number of hydrogen-bond donors (Lipinski definition) is 1. The van der Waals surface area contributed by atoms with Crippen LogP contribution in [0.25, 0.3) is 55.6 Å². The van der Waals surface area contributed by atoms with Crippen molar-refractivity contribution in [1.29, 1.82) is 0 Å². The SMILES string of the molecule is C=Cc1c(-c2c(C)[nH]c3ccccc23)n(-c2ccccc2)c2c1ccc1ccccc12. The van der Waals surface area contributed by atoms with Crippen molar-refractivity contribution in [1.82, 2.24) is 9.55 Å². The molecular weight excluding hydrogens is 376 g/mol. The zero-order valence-corrected chi connectivity index (χ0v) is 17.4. The number of fused-ring (bicyclic) bond motifs is 4. The van der Waals surface area contributed by atoms with E-state index in [4.69, 9.17) is 0 Å². The van der Waals surface area contributed by atoms with Gasteiger partial charge < -0.3 is 9.55 Å². The number of nitrogens with zero attached hydrogens (tertiary/aromatic N) is 1. The number of aromatic nitrogens is 2. The number of aryl methyl sites for hydroxylation is 1. The second-order valence-electron chi connectivity index (χ2n) is 7.99. The summed E-state index contributed by atoms with van der Waals surface area (Å²) in [6, 6.07) is 32.2. The topological polar surface area (TPSA) is 20.7 Å². The fourth-order valence-corrected chi connectivity index (χ4v) is 4.94. The van der Waals surface area contributed by atoms with Gasteiger partial charge >= 0.3 is 0 Å². The van der Waals surface area contributed by atoms with Gasteiger partial charge in [-0.2, -0.15) is 0 Å². The average Bonchev–Trinajstić information content (AvgIpc) is 3.32. The van der Waals surface area contributed by atoms with Gasteiger partial charge in [-0.1, -0.05) is 85.5 Å². The number of nitrogens with one attached hydrogen (secondary N) is 1. The van der Waals surface area contributed by atoms with Gasteiger partial charge in [-0.25, -0.2) is 0 Å². The van der Waals surface area contributed by atoms with E-state index in [0.717, 1.165) is 22.5 Å². The van der Waals surface area contributed by atoms with Crippen LogP contribution in [0.4, 0.5) is 0 Å². The molecule has 2 nitrogen and oxygen atoms in total. The summed E-state index contributed by atoms with van der Waals surface area (Å²) in [7, 11) is 0. The number of para-hydroxylation sites is 2. The van der Waals surface area contributed by atoms with Gasteiger partial charge in [0.1, 0.15) is 0 Å². The van der Waals surface area contributed by atoms with Crippen LogP contribution >= 0.6 is 0 Å². The molecule has 0 saturated heterocycles. The minimum absolute atomic E-state index is 1.15. The number of rotatable bonds is 3. The number of aromatic amines is 1. The van der Waals surface area contributed by atoms with Gasteiger partial charge in [-0.05, 0) is 30.5 Å². The van der Waals surface area contributed by atoms with E-state index in [2.05, 4.69) is 114 Å². The lowest BCUT2D eigenvalue weighted by molar-refractivity contribution is 1.13. The Morgan fingerprint density at radius 1 is 0.742 bits per heavy atom. The monoisotopic (exact) mass is 398 g/mol. The first-order valence-electron chi connectivity index (χ1n) is 10.6. The Morgan fingerprint density at radius 2 is 1.45 bits per heavy atom. The minimum Gasteiger partial charge on any atom is -0.358 e. The summed E-state index contributed by atoms with van der Waals surface area (Å²) in [4.78, 5) is 3.59. The predicted molar refractivity (Wildman–Crippen MR) is 133 cm³/mol. The summed E-state index contributed by atoms with van der Waals surface area (Å²) in [6.45, 7) is 6.38. The Hall–Kier alpha value is -4.04. The van der Waals surface area contributed by atoms with E-state index in [9.17, 15) is 0 Å². The van der Waals surface area contributed by atoms with Crippen LogP contribution in [0.5, 0.6) is 0 Å². The molecule has 6 rings (SSSR count). The molecule has 0 spiro atoms. The summed E-state index contributed by atoms with van der Waals surface area (Å²) in [5.74, 6) is 0. The highest BCUT2D eigenvalue weighted by molar-refractivity contribution is 6.14. The van der Waals surface area contributed by atoms with Gasteiger partial charge in [0.05, 0.1) is 11.2 Å². The minimum atomic E-state index is 1.15. The Morgan fingerprint density at radius 3 is 2.26 bits per heavy atom. The lowest BCUT2D eigenvalue weighted by atomic mass is 10.0. The van der Waals surface area contributed by atoms with Crippen LogP contribution < -0.4 is 0 Å². The fraction of sp³-hybridized carbons (Fsp3) is 0.0345. The first kappa shape index (κ1) is 17.8. The van der Waals surface area contributed by atoms with Crippen molar-refractivity contribution in [3.05, 3.63) is 109 Å². The van der Waals surface area contributed by atoms with E-state index in [-0.39, 0.29) is 0 Å². The van der Waals surface area contributed by atoms with Gasteiger partial charge in [0.25, 0.3) is 0 Å². The highest BCUT2D eigenvalue weighted by atomic mass is 15.0. The molecule has 0 aliphatic carbocycles. The molecule has 0 saturated carbocycles. The zero-order chi connectivity index (χ0) is 20.9. The Bertz CT molecular complexity index is 1600. The molecule has 2 heterocycles. The van der Waals surface area contributed by atoms with E-state index < -0.39 is 0 Å². The molecule has 0 aliphatic rings. The second-order valence-corrected chi connectivity index (χ2v) is 7.99. The molecule has 0 unspecified atom stereocenters. The van der Waals surface area contributed by atoms with E-state index in [1.165, 1.54) is 38.3 Å². The Kier molecular flexibility index (Phi) is 3.87. The Labute approximate surface area is 181 Å². The summed E-state index contributed by atoms with van der Waals surface area (Å²) in [5, 5.41) is 4.93. The molecule has 0 aliphatic heterocycles. The maximum Gasteiger partial charge on any atom is 0.0637 e. The first-order valence-corrected chi connectivity index (χ1v) is 10.6. The third-order valence-corrected chi connectivity index (χ3v) is 6.24. The van der Waals surface area contributed by atoms with E-state index in [0.29, 0.717) is 0 Å². The molecule has 2 aromatic heterocycles. The maximum absolute atomic E-state index is 4.22. The van der Waals surface area contributed by atoms with Crippen LogP contribution in [-0.4, -0.2) is 9.55 Å². The largest absolute Gasteiger partial charge is 0.358 e. The molecule has 0 bridgehead atoms. The fourth-order valence-electron chi connectivity index (χ4n) is 4.94. The lowest BCUT2D eigenvalue weighted by Crippen LogP contribution is -1.98. The predicted octanol–water partition coefficient (Wildman–Crippen LogP) is 7.88. The van der Waals surface area contributed by atoms with Gasteiger partial charge in [0.2, 0.25) is 0 Å². The van der Waals surface area contributed by atoms with Crippen molar-refractivity contribution in [2.24, 2.45) is 0 Å². The first-order chi connectivity index (χ1) is 15.3. The van der Waals surface area contributed by atoms with Gasteiger partial charge in [0, 0.05) is 44.2 Å². The van der Waals surface area contributed by atoms with Crippen LogP contribution in [0.3, 0.4) is 0 Å². The van der Waals surface area contributed by atoms with E-state index >= 15 is 0 Å². The normalized spacial score (nSPS) is 11.5. The molecular formula is C29H22N2. The molecule has 0 atom stereocenters. The third kappa shape index (κ3) is 2.52. The van der Waals surface area contributed by atoms with E-state index in [1.54, 1.807) is 0 Å². The van der Waals surface area contributed by atoms with Crippen molar-refractivity contribution in [3.63, 3.8) is 0 Å². The van der Waals surface area contributed by atoms with Crippen LogP contribution in [0.2, 0.25) is 0 Å². The molecule has 0 amide bonds. The van der Waals surface area contributed by atoms with Crippen LogP contribution in [0.1, 0.15) is 11.3 Å². The maximum atomic E-state index is 4.22. The van der Waals surface area contributed by atoms with Crippen molar-refractivity contribution in [2.45, 2.75) is 6.92 Å². The standard InChI is InChI=1S/C29H22N2/c1-3-22-24-18-17-20-11-7-8-14-23(20)28(24)31(21-12-5-4-6-13-21)29(22)27-19(2)30-26-16-10-9-15-25(26)27/h3-18,30H,1H2,2H3. The van der Waals surface area contributed by atoms with Crippen LogP contribution in [0, 0.1) is 6.92 Å². The highest BCUT2D eigenvalue weighted by Crippen LogP contribution is 2.43. The Balaban J connectivity index is 1.89.